The van der Waals surface area contributed by atoms with E-state index >= 15 is 0 Å². The summed E-state index contributed by atoms with van der Waals surface area (Å²) < 4.78 is 5.63. The number of nitrogens with one attached hydrogen (secondary N) is 2. The van der Waals surface area contributed by atoms with Crippen molar-refractivity contribution in [3.8, 4) is 5.75 Å². The molecule has 148 valence electrons. The maximum Gasteiger partial charge on any atom is 0.191 e. The van der Waals surface area contributed by atoms with Gasteiger partial charge in [0.25, 0.3) is 0 Å². The topological polar surface area (TPSA) is 61.8 Å². The first kappa shape index (κ1) is 23.0. The van der Waals surface area contributed by atoms with E-state index in [-0.39, 0.29) is 24.0 Å². The highest BCUT2D eigenvalue weighted by Crippen LogP contribution is 2.15. The van der Waals surface area contributed by atoms with Crippen LogP contribution in [0.5, 0.6) is 5.75 Å². The van der Waals surface area contributed by atoms with E-state index in [4.69, 9.17) is 4.74 Å². The highest BCUT2D eigenvalue weighted by Gasteiger charge is 2.14. The molecule has 0 aromatic carbocycles. The van der Waals surface area contributed by atoms with Crippen molar-refractivity contribution in [2.75, 3.05) is 45.9 Å². The van der Waals surface area contributed by atoms with Gasteiger partial charge >= 0.3 is 0 Å². The van der Waals surface area contributed by atoms with Crippen LogP contribution in [-0.2, 0) is 0 Å². The Kier molecular flexibility index (Phi) is 12.4. The molecule has 7 heteroatoms. The van der Waals surface area contributed by atoms with Crippen LogP contribution in [0.1, 0.15) is 33.1 Å². The van der Waals surface area contributed by atoms with Gasteiger partial charge in [-0.2, -0.15) is 0 Å². The van der Waals surface area contributed by atoms with Crippen molar-refractivity contribution >= 4 is 29.9 Å². The molecule has 26 heavy (non-hydrogen) atoms. The van der Waals surface area contributed by atoms with Gasteiger partial charge in [-0.05, 0) is 63.9 Å². The third-order valence-electron chi connectivity index (χ3n) is 4.42. The summed E-state index contributed by atoms with van der Waals surface area (Å²) in [6, 6.07) is 3.78. The third kappa shape index (κ3) is 9.56. The van der Waals surface area contributed by atoms with E-state index in [1.165, 1.54) is 25.9 Å². The molecular weight excluding hydrogens is 441 g/mol. The minimum atomic E-state index is 0. The third-order valence-corrected chi connectivity index (χ3v) is 4.42. The molecule has 2 N–H and O–H groups in total. The monoisotopic (exact) mass is 475 g/mol. The zero-order valence-corrected chi connectivity index (χ0v) is 18.4. The largest absolute Gasteiger partial charge is 0.490 e. The van der Waals surface area contributed by atoms with Gasteiger partial charge in [-0.15, -0.1) is 24.0 Å². The van der Waals surface area contributed by atoms with E-state index in [0.717, 1.165) is 43.7 Å². The molecule has 2 heterocycles. The van der Waals surface area contributed by atoms with Gasteiger partial charge in [-0.3, -0.25) is 9.98 Å². The van der Waals surface area contributed by atoms with E-state index in [1.807, 2.05) is 12.1 Å². The zero-order valence-electron chi connectivity index (χ0n) is 16.1. The number of hydrogen-bond donors (Lipinski definition) is 2. The summed E-state index contributed by atoms with van der Waals surface area (Å²) in [5.74, 6) is 2.55. The summed E-state index contributed by atoms with van der Waals surface area (Å²) >= 11 is 0. The summed E-state index contributed by atoms with van der Waals surface area (Å²) in [4.78, 5) is 11.3. The Labute approximate surface area is 175 Å². The number of piperidine rings is 1. The van der Waals surface area contributed by atoms with E-state index in [2.05, 4.69) is 39.4 Å². The van der Waals surface area contributed by atoms with Crippen LogP contribution in [0.3, 0.4) is 0 Å². The molecule has 2 rings (SSSR count). The highest BCUT2D eigenvalue weighted by atomic mass is 127. The van der Waals surface area contributed by atoms with Crippen LogP contribution in [0.2, 0.25) is 0 Å². The highest BCUT2D eigenvalue weighted by molar-refractivity contribution is 14.0. The number of nitrogens with zero attached hydrogens (tertiary/aromatic N) is 3. The second-order valence-electron chi connectivity index (χ2n) is 6.60. The number of aromatic nitrogens is 1. The first-order valence-electron chi connectivity index (χ1n) is 9.55. The molecule has 0 radical (unpaired) electrons. The minimum Gasteiger partial charge on any atom is -0.490 e. The van der Waals surface area contributed by atoms with Gasteiger partial charge in [0.1, 0.15) is 12.4 Å². The lowest BCUT2D eigenvalue weighted by atomic mass is 9.99. The number of likely N-dealkylation sites (tertiary alicyclic amines) is 1. The lowest BCUT2D eigenvalue weighted by Gasteiger charge is -2.29. The molecule has 0 atom stereocenters. The predicted molar refractivity (Wildman–Crippen MR) is 119 cm³/mol. The standard InChI is InChI=1S/C19H33N5O.HI/c1-3-21-19(23-11-15-25-18-6-4-9-20-16-18)22-10-5-12-24-13-7-17(2)8-14-24;/h4,6,9,16-17H,3,5,7-8,10-15H2,1-2H3,(H2,21,22,23);1H. The minimum absolute atomic E-state index is 0. The molecule has 1 aromatic rings. The molecule has 1 aromatic heterocycles. The number of hydrogen-bond acceptors (Lipinski definition) is 4. The summed E-state index contributed by atoms with van der Waals surface area (Å²) in [5, 5.41) is 6.60. The first-order chi connectivity index (χ1) is 12.3. The van der Waals surface area contributed by atoms with Crippen LogP contribution in [-0.4, -0.2) is 61.7 Å². The molecule has 0 saturated carbocycles. The van der Waals surface area contributed by atoms with Crippen LogP contribution in [0, 0.1) is 5.92 Å². The summed E-state index contributed by atoms with van der Waals surface area (Å²) in [6.45, 7) is 11.1. The molecule has 0 spiro atoms. The van der Waals surface area contributed by atoms with Crippen LogP contribution >= 0.6 is 24.0 Å². The van der Waals surface area contributed by atoms with Crippen molar-refractivity contribution < 1.29 is 4.74 Å². The Hall–Kier alpha value is -1.09. The molecule has 0 amide bonds. The Morgan fingerprint density at radius 3 is 2.85 bits per heavy atom. The summed E-state index contributed by atoms with van der Waals surface area (Å²) in [5.41, 5.74) is 0. The maximum absolute atomic E-state index is 5.63. The van der Waals surface area contributed by atoms with Gasteiger partial charge in [-0.25, -0.2) is 0 Å². The maximum atomic E-state index is 5.63. The Bertz CT molecular complexity index is 492. The number of ether oxygens (including phenoxy) is 1. The van der Waals surface area contributed by atoms with E-state index in [0.29, 0.717) is 13.2 Å². The molecule has 6 nitrogen and oxygen atoms in total. The lowest BCUT2D eigenvalue weighted by Crippen LogP contribution is -2.39. The van der Waals surface area contributed by atoms with Crippen molar-refractivity contribution in [1.82, 2.24) is 20.5 Å². The van der Waals surface area contributed by atoms with Crippen molar-refractivity contribution in [1.29, 1.82) is 0 Å². The molecule has 0 aliphatic carbocycles. The second-order valence-corrected chi connectivity index (χ2v) is 6.60. The quantitative estimate of drug-likeness (QED) is 0.249. The molecular formula is C19H34IN5O. The predicted octanol–water partition coefficient (Wildman–Crippen LogP) is 2.76. The second kappa shape index (κ2) is 14.0. The van der Waals surface area contributed by atoms with Crippen LogP contribution in [0.15, 0.2) is 29.5 Å². The number of rotatable bonds is 9. The van der Waals surface area contributed by atoms with E-state index < -0.39 is 0 Å². The Balaban J connectivity index is 0.00000338. The fraction of sp³-hybridized carbons (Fsp3) is 0.684. The van der Waals surface area contributed by atoms with Crippen molar-refractivity contribution in [3.05, 3.63) is 24.5 Å². The fourth-order valence-corrected chi connectivity index (χ4v) is 2.88. The van der Waals surface area contributed by atoms with Crippen molar-refractivity contribution in [2.24, 2.45) is 10.9 Å². The van der Waals surface area contributed by atoms with Crippen LogP contribution < -0.4 is 15.4 Å². The molecule has 1 aliphatic rings. The zero-order chi connectivity index (χ0) is 17.7. The number of halogens is 1. The van der Waals surface area contributed by atoms with Gasteiger partial charge in [0.2, 0.25) is 0 Å². The van der Waals surface area contributed by atoms with Gasteiger partial charge < -0.3 is 20.3 Å². The van der Waals surface area contributed by atoms with Gasteiger partial charge in [0.05, 0.1) is 12.7 Å². The van der Waals surface area contributed by atoms with Crippen molar-refractivity contribution in [2.45, 2.75) is 33.1 Å². The SMILES string of the molecule is CCNC(=NCCCN1CCC(C)CC1)NCCOc1cccnc1.I. The molecule has 0 unspecified atom stereocenters. The van der Waals surface area contributed by atoms with Crippen LogP contribution in [0.4, 0.5) is 0 Å². The normalized spacial score (nSPS) is 16.0. The smallest absolute Gasteiger partial charge is 0.191 e. The molecule has 1 fully saturated rings. The number of guanidine groups is 1. The number of aliphatic imine (C=N–C) groups is 1. The van der Waals surface area contributed by atoms with Crippen molar-refractivity contribution in [3.63, 3.8) is 0 Å². The van der Waals surface area contributed by atoms with E-state index in [1.54, 1.807) is 12.4 Å². The Morgan fingerprint density at radius 2 is 2.15 bits per heavy atom. The lowest BCUT2D eigenvalue weighted by molar-refractivity contribution is 0.192. The summed E-state index contributed by atoms with van der Waals surface area (Å²) in [6.07, 6.45) is 7.25. The van der Waals surface area contributed by atoms with Gasteiger partial charge in [0.15, 0.2) is 5.96 Å². The molecule has 0 bridgehead atoms. The summed E-state index contributed by atoms with van der Waals surface area (Å²) in [7, 11) is 0. The first-order valence-corrected chi connectivity index (χ1v) is 9.55. The fourth-order valence-electron chi connectivity index (χ4n) is 2.88. The molecule has 1 aliphatic heterocycles. The average Bonchev–Trinajstić information content (AvgIpc) is 2.64. The number of pyridine rings is 1. The van der Waals surface area contributed by atoms with E-state index in [9.17, 15) is 0 Å². The molecule has 1 saturated heterocycles. The van der Waals surface area contributed by atoms with Crippen LogP contribution in [0.25, 0.3) is 0 Å². The Morgan fingerprint density at radius 1 is 1.35 bits per heavy atom. The van der Waals surface area contributed by atoms with Gasteiger partial charge in [0, 0.05) is 19.3 Å². The van der Waals surface area contributed by atoms with Gasteiger partial charge in [-0.1, -0.05) is 6.92 Å². The average molecular weight is 475 g/mol.